The highest BCUT2D eigenvalue weighted by molar-refractivity contribution is 5.66. The molecule has 0 aliphatic carbocycles. The predicted octanol–water partition coefficient (Wildman–Crippen LogP) is 0.821. The van der Waals surface area contributed by atoms with Crippen LogP contribution in [0.1, 0.15) is 13.3 Å². The average Bonchev–Trinajstić information content (AvgIpc) is 2.05. The first-order valence-electron chi connectivity index (χ1n) is 4.08. The summed E-state index contributed by atoms with van der Waals surface area (Å²) in [4.78, 5) is 22.4. The van der Waals surface area contributed by atoms with Crippen LogP contribution in [0.5, 0.6) is 0 Å². The molecule has 0 saturated carbocycles. The van der Waals surface area contributed by atoms with Crippen LogP contribution in [0.2, 0.25) is 0 Å². The van der Waals surface area contributed by atoms with Gasteiger partial charge in [0, 0.05) is 19.0 Å². The number of carbonyl (C=O) groups is 2. The molecule has 0 aromatic rings. The minimum Gasteiger partial charge on any atom is -0.465 e. The lowest BCUT2D eigenvalue weighted by molar-refractivity contribution is -0.113. The van der Waals surface area contributed by atoms with E-state index in [1.807, 2.05) is 6.92 Å². The lowest BCUT2D eigenvalue weighted by atomic mass is 9.88. The van der Waals surface area contributed by atoms with Crippen molar-refractivity contribution in [1.82, 2.24) is 4.90 Å². The van der Waals surface area contributed by atoms with Crippen LogP contribution in [-0.4, -0.2) is 35.5 Å². The number of piperidine rings is 1. The second-order valence-corrected chi connectivity index (χ2v) is 3.29. The number of rotatable bonds is 1. The van der Waals surface area contributed by atoms with Crippen LogP contribution in [-0.2, 0) is 4.79 Å². The Morgan fingerprint density at radius 2 is 2.33 bits per heavy atom. The molecule has 1 aliphatic heterocycles. The molecule has 1 heterocycles. The zero-order valence-corrected chi connectivity index (χ0v) is 7.06. The molecule has 1 aliphatic rings. The average molecular weight is 171 g/mol. The van der Waals surface area contributed by atoms with Gasteiger partial charge in [0.05, 0.1) is 0 Å². The van der Waals surface area contributed by atoms with Gasteiger partial charge in [-0.3, -0.25) is 0 Å². The van der Waals surface area contributed by atoms with Gasteiger partial charge < -0.3 is 14.8 Å². The second-order valence-electron chi connectivity index (χ2n) is 3.29. The van der Waals surface area contributed by atoms with Crippen LogP contribution in [0.15, 0.2) is 0 Å². The Kier molecular flexibility index (Phi) is 2.68. The number of carboxylic acid groups (broad SMARTS) is 1. The van der Waals surface area contributed by atoms with Crippen LogP contribution in [0.4, 0.5) is 4.79 Å². The molecule has 0 aromatic heterocycles. The zero-order valence-electron chi connectivity index (χ0n) is 7.06. The molecule has 68 valence electrons. The van der Waals surface area contributed by atoms with E-state index in [0.29, 0.717) is 19.0 Å². The van der Waals surface area contributed by atoms with Gasteiger partial charge in [-0.25, -0.2) is 4.79 Å². The maximum Gasteiger partial charge on any atom is 0.407 e. The highest BCUT2D eigenvalue weighted by Gasteiger charge is 2.27. The summed E-state index contributed by atoms with van der Waals surface area (Å²) in [5.74, 6) is 0.202. The summed E-state index contributed by atoms with van der Waals surface area (Å²) in [6.07, 6.45) is 0.726. The van der Waals surface area contributed by atoms with Gasteiger partial charge >= 0.3 is 6.09 Å². The molecule has 1 fully saturated rings. The Labute approximate surface area is 71.2 Å². The molecular weight excluding hydrogens is 158 g/mol. The number of amides is 1. The maximum absolute atomic E-state index is 10.5. The van der Waals surface area contributed by atoms with Gasteiger partial charge in [0.25, 0.3) is 0 Å². The fraction of sp³-hybridized carbons (Fsp3) is 0.750. The summed E-state index contributed by atoms with van der Waals surface area (Å²) in [7, 11) is 0. The van der Waals surface area contributed by atoms with Gasteiger partial charge in [0.2, 0.25) is 0 Å². The fourth-order valence-corrected chi connectivity index (χ4v) is 1.45. The summed E-state index contributed by atoms with van der Waals surface area (Å²) in [5.41, 5.74) is 0. The molecule has 4 nitrogen and oxygen atoms in total. The van der Waals surface area contributed by atoms with Gasteiger partial charge in [-0.15, -0.1) is 0 Å². The van der Waals surface area contributed by atoms with Gasteiger partial charge in [-0.05, 0) is 12.3 Å². The molecule has 0 spiro atoms. The standard InChI is InChI=1S/C8H13NO3/c1-6-2-3-9(8(11)12)4-7(6)5-10/h5-7H,2-4H2,1H3,(H,11,12). The quantitative estimate of drug-likeness (QED) is 0.594. The molecule has 0 aromatic carbocycles. The maximum atomic E-state index is 10.5. The summed E-state index contributed by atoms with van der Waals surface area (Å²) in [5, 5.41) is 8.65. The number of carbonyl (C=O) groups excluding carboxylic acids is 1. The van der Waals surface area contributed by atoms with E-state index >= 15 is 0 Å². The predicted molar refractivity (Wildman–Crippen MR) is 42.9 cm³/mol. The third kappa shape index (κ3) is 1.75. The molecule has 12 heavy (non-hydrogen) atoms. The topological polar surface area (TPSA) is 57.6 Å². The van der Waals surface area contributed by atoms with Crippen molar-refractivity contribution in [2.75, 3.05) is 13.1 Å². The van der Waals surface area contributed by atoms with E-state index in [0.717, 1.165) is 12.7 Å². The molecule has 0 radical (unpaired) electrons. The van der Waals surface area contributed by atoms with Crippen molar-refractivity contribution in [1.29, 1.82) is 0 Å². The van der Waals surface area contributed by atoms with Crippen molar-refractivity contribution >= 4 is 12.4 Å². The van der Waals surface area contributed by atoms with E-state index in [4.69, 9.17) is 5.11 Å². The van der Waals surface area contributed by atoms with E-state index in [9.17, 15) is 9.59 Å². The van der Waals surface area contributed by atoms with E-state index in [2.05, 4.69) is 0 Å². The van der Waals surface area contributed by atoms with Gasteiger partial charge in [-0.1, -0.05) is 6.92 Å². The SMILES string of the molecule is CC1CCN(C(=O)O)CC1C=O. The molecule has 1 amide bonds. The van der Waals surface area contributed by atoms with Crippen molar-refractivity contribution in [3.05, 3.63) is 0 Å². The lowest BCUT2D eigenvalue weighted by Gasteiger charge is -2.32. The smallest absolute Gasteiger partial charge is 0.407 e. The molecule has 2 atom stereocenters. The summed E-state index contributed by atoms with van der Waals surface area (Å²) < 4.78 is 0. The first-order valence-corrected chi connectivity index (χ1v) is 4.08. The Morgan fingerprint density at radius 3 is 2.83 bits per heavy atom. The number of nitrogens with zero attached hydrogens (tertiary/aromatic N) is 1. The summed E-state index contributed by atoms with van der Waals surface area (Å²) in [6, 6.07) is 0. The van der Waals surface area contributed by atoms with Crippen molar-refractivity contribution in [2.45, 2.75) is 13.3 Å². The Bertz CT molecular complexity index is 193. The molecule has 2 unspecified atom stereocenters. The first-order chi connectivity index (χ1) is 5.65. The van der Waals surface area contributed by atoms with E-state index in [-0.39, 0.29) is 5.92 Å². The first kappa shape index (κ1) is 9.03. The number of likely N-dealkylation sites (tertiary alicyclic amines) is 1. The lowest BCUT2D eigenvalue weighted by Crippen LogP contribution is -2.42. The van der Waals surface area contributed by atoms with E-state index < -0.39 is 6.09 Å². The Morgan fingerprint density at radius 1 is 1.67 bits per heavy atom. The third-order valence-electron chi connectivity index (χ3n) is 2.46. The van der Waals surface area contributed by atoms with Crippen molar-refractivity contribution < 1.29 is 14.7 Å². The number of hydrogen-bond donors (Lipinski definition) is 1. The van der Waals surface area contributed by atoms with Crippen molar-refractivity contribution in [2.24, 2.45) is 11.8 Å². The molecular formula is C8H13NO3. The van der Waals surface area contributed by atoms with Crippen LogP contribution in [0.3, 0.4) is 0 Å². The van der Waals surface area contributed by atoms with E-state index in [1.54, 1.807) is 0 Å². The van der Waals surface area contributed by atoms with Crippen molar-refractivity contribution in [3.8, 4) is 0 Å². The summed E-state index contributed by atoms with van der Waals surface area (Å²) >= 11 is 0. The highest BCUT2D eigenvalue weighted by Crippen LogP contribution is 2.21. The minimum absolute atomic E-state index is 0.116. The minimum atomic E-state index is -0.922. The van der Waals surface area contributed by atoms with Crippen molar-refractivity contribution in [3.63, 3.8) is 0 Å². The third-order valence-corrected chi connectivity index (χ3v) is 2.46. The largest absolute Gasteiger partial charge is 0.465 e. The highest BCUT2D eigenvalue weighted by atomic mass is 16.4. The molecule has 1 saturated heterocycles. The molecule has 4 heteroatoms. The number of hydrogen-bond acceptors (Lipinski definition) is 2. The van der Waals surface area contributed by atoms with Crippen LogP contribution >= 0.6 is 0 Å². The zero-order chi connectivity index (χ0) is 9.14. The Hall–Kier alpha value is -1.06. The van der Waals surface area contributed by atoms with Gasteiger partial charge in [-0.2, -0.15) is 0 Å². The normalized spacial score (nSPS) is 29.9. The van der Waals surface area contributed by atoms with Gasteiger partial charge in [0.1, 0.15) is 6.29 Å². The van der Waals surface area contributed by atoms with Gasteiger partial charge in [0.15, 0.2) is 0 Å². The van der Waals surface area contributed by atoms with E-state index in [1.165, 1.54) is 4.90 Å². The monoisotopic (exact) mass is 171 g/mol. The fourth-order valence-electron chi connectivity index (χ4n) is 1.45. The molecule has 1 N–H and O–H groups in total. The Balaban J connectivity index is 2.55. The number of aldehydes is 1. The van der Waals surface area contributed by atoms with Crippen LogP contribution in [0.25, 0.3) is 0 Å². The van der Waals surface area contributed by atoms with Crippen LogP contribution < -0.4 is 0 Å². The summed E-state index contributed by atoms with van der Waals surface area (Å²) in [6.45, 7) is 2.90. The molecule has 1 rings (SSSR count). The second kappa shape index (κ2) is 3.56. The molecule has 0 bridgehead atoms. The van der Waals surface area contributed by atoms with Crippen LogP contribution in [0, 0.1) is 11.8 Å².